The summed E-state index contributed by atoms with van der Waals surface area (Å²) in [7, 11) is 0. The molecule has 0 unspecified atom stereocenters. The van der Waals surface area contributed by atoms with Crippen LogP contribution in [0.15, 0.2) is 66.7 Å². The van der Waals surface area contributed by atoms with Gasteiger partial charge in [0.15, 0.2) is 0 Å². The molecule has 1 N–H and O–H groups in total. The van der Waals surface area contributed by atoms with Crippen molar-refractivity contribution in [3.63, 3.8) is 0 Å². The standard InChI is InChI=1S/C19H19NO/c1-2-21-19-11-9-18(10-12-19)20-14-15-7-8-16-5-3-4-6-17(16)13-15/h3-13,20H,2,14H2,1H3. The third kappa shape index (κ3) is 3.34. The van der Waals surface area contributed by atoms with E-state index >= 15 is 0 Å². The van der Waals surface area contributed by atoms with Gasteiger partial charge >= 0.3 is 0 Å². The van der Waals surface area contributed by atoms with Crippen molar-refractivity contribution in [1.29, 1.82) is 0 Å². The molecule has 3 aromatic rings. The quantitative estimate of drug-likeness (QED) is 0.719. The first-order chi connectivity index (χ1) is 10.3. The SMILES string of the molecule is CCOc1ccc(NCc2ccc3ccccc3c2)cc1. The Balaban J connectivity index is 1.68. The molecule has 0 saturated carbocycles. The third-order valence-electron chi connectivity index (χ3n) is 3.48. The van der Waals surface area contributed by atoms with E-state index in [1.807, 2.05) is 31.2 Å². The summed E-state index contributed by atoms with van der Waals surface area (Å²) in [5, 5.41) is 6.00. The predicted octanol–water partition coefficient (Wildman–Crippen LogP) is 4.85. The van der Waals surface area contributed by atoms with Crippen LogP contribution in [0, 0.1) is 0 Å². The highest BCUT2D eigenvalue weighted by atomic mass is 16.5. The van der Waals surface area contributed by atoms with Gasteiger partial charge < -0.3 is 10.1 Å². The van der Waals surface area contributed by atoms with Crippen molar-refractivity contribution in [3.8, 4) is 5.75 Å². The van der Waals surface area contributed by atoms with E-state index in [0.29, 0.717) is 6.61 Å². The van der Waals surface area contributed by atoms with Crippen molar-refractivity contribution < 1.29 is 4.74 Å². The topological polar surface area (TPSA) is 21.3 Å². The molecule has 0 aliphatic rings. The van der Waals surface area contributed by atoms with Crippen molar-refractivity contribution in [3.05, 3.63) is 72.3 Å². The van der Waals surface area contributed by atoms with Crippen molar-refractivity contribution >= 4 is 16.5 Å². The van der Waals surface area contributed by atoms with Crippen LogP contribution >= 0.6 is 0 Å². The maximum atomic E-state index is 5.44. The van der Waals surface area contributed by atoms with Crippen LogP contribution in [0.3, 0.4) is 0 Å². The minimum atomic E-state index is 0.698. The number of nitrogens with one attached hydrogen (secondary N) is 1. The highest BCUT2D eigenvalue weighted by Gasteiger charge is 1.98. The van der Waals surface area contributed by atoms with Gasteiger partial charge in [-0.05, 0) is 53.6 Å². The summed E-state index contributed by atoms with van der Waals surface area (Å²) in [4.78, 5) is 0. The molecule has 21 heavy (non-hydrogen) atoms. The van der Waals surface area contributed by atoms with Crippen LogP contribution in [0.2, 0.25) is 0 Å². The van der Waals surface area contributed by atoms with Crippen molar-refractivity contribution in [1.82, 2.24) is 0 Å². The first kappa shape index (κ1) is 13.5. The van der Waals surface area contributed by atoms with Gasteiger partial charge in [-0.2, -0.15) is 0 Å². The minimum Gasteiger partial charge on any atom is -0.494 e. The maximum absolute atomic E-state index is 5.44. The summed E-state index contributed by atoms with van der Waals surface area (Å²) in [5.41, 5.74) is 2.38. The van der Waals surface area contributed by atoms with Crippen LogP contribution in [0.1, 0.15) is 12.5 Å². The largest absolute Gasteiger partial charge is 0.494 e. The molecule has 0 atom stereocenters. The smallest absolute Gasteiger partial charge is 0.119 e. The molecule has 0 aromatic heterocycles. The summed E-state index contributed by atoms with van der Waals surface area (Å²) >= 11 is 0. The van der Waals surface area contributed by atoms with Gasteiger partial charge in [0.05, 0.1) is 6.61 Å². The van der Waals surface area contributed by atoms with Crippen molar-refractivity contribution in [2.24, 2.45) is 0 Å². The first-order valence-electron chi connectivity index (χ1n) is 7.29. The Labute approximate surface area is 125 Å². The van der Waals surface area contributed by atoms with Crippen LogP contribution in [0.5, 0.6) is 5.75 Å². The number of rotatable bonds is 5. The first-order valence-corrected chi connectivity index (χ1v) is 7.29. The Bertz CT molecular complexity index is 719. The Morgan fingerprint density at radius 2 is 1.62 bits per heavy atom. The van der Waals surface area contributed by atoms with Gasteiger partial charge in [-0.3, -0.25) is 0 Å². The zero-order chi connectivity index (χ0) is 14.5. The highest BCUT2D eigenvalue weighted by Crippen LogP contribution is 2.18. The van der Waals surface area contributed by atoms with E-state index in [4.69, 9.17) is 4.74 Å². The van der Waals surface area contributed by atoms with E-state index in [1.54, 1.807) is 0 Å². The lowest BCUT2D eigenvalue weighted by Crippen LogP contribution is -1.99. The van der Waals surface area contributed by atoms with Crippen molar-refractivity contribution in [2.75, 3.05) is 11.9 Å². The van der Waals surface area contributed by atoms with E-state index in [9.17, 15) is 0 Å². The fourth-order valence-corrected chi connectivity index (χ4v) is 2.39. The van der Waals surface area contributed by atoms with E-state index in [-0.39, 0.29) is 0 Å². The van der Waals surface area contributed by atoms with Crippen molar-refractivity contribution in [2.45, 2.75) is 13.5 Å². The summed E-state index contributed by atoms with van der Waals surface area (Å²) in [6.07, 6.45) is 0. The molecule has 2 nitrogen and oxygen atoms in total. The average Bonchev–Trinajstić information content (AvgIpc) is 2.54. The van der Waals surface area contributed by atoms with Gasteiger partial charge in [0.1, 0.15) is 5.75 Å². The van der Waals surface area contributed by atoms with E-state index in [1.165, 1.54) is 16.3 Å². The molecule has 0 aliphatic heterocycles. The van der Waals surface area contributed by atoms with E-state index in [0.717, 1.165) is 18.0 Å². The molecule has 0 amide bonds. The Morgan fingerprint density at radius 1 is 0.857 bits per heavy atom. The number of anilines is 1. The number of fused-ring (bicyclic) bond motifs is 1. The summed E-state index contributed by atoms with van der Waals surface area (Å²) < 4.78 is 5.44. The zero-order valence-electron chi connectivity index (χ0n) is 12.2. The fraction of sp³-hybridized carbons (Fsp3) is 0.158. The molecule has 0 aliphatic carbocycles. The molecule has 0 saturated heterocycles. The number of benzene rings is 3. The molecule has 0 radical (unpaired) electrons. The summed E-state index contributed by atoms with van der Waals surface area (Å²) in [5.74, 6) is 0.911. The lowest BCUT2D eigenvalue weighted by Gasteiger charge is -2.09. The van der Waals surface area contributed by atoms with Gasteiger partial charge in [-0.15, -0.1) is 0 Å². The Kier molecular flexibility index (Phi) is 4.06. The molecular formula is C19H19NO. The molecule has 0 fully saturated rings. The van der Waals surface area contributed by atoms with Crippen LogP contribution in [0.25, 0.3) is 10.8 Å². The van der Waals surface area contributed by atoms with Gasteiger partial charge in [-0.25, -0.2) is 0 Å². The Hall–Kier alpha value is -2.48. The molecule has 0 bridgehead atoms. The van der Waals surface area contributed by atoms with Gasteiger partial charge in [0, 0.05) is 12.2 Å². The van der Waals surface area contributed by atoms with Crippen LogP contribution in [-0.4, -0.2) is 6.61 Å². The molecule has 0 heterocycles. The summed E-state index contributed by atoms with van der Waals surface area (Å²) in [6, 6.07) is 23.1. The lowest BCUT2D eigenvalue weighted by atomic mass is 10.1. The lowest BCUT2D eigenvalue weighted by molar-refractivity contribution is 0.340. The van der Waals surface area contributed by atoms with Crippen LogP contribution in [0.4, 0.5) is 5.69 Å². The second kappa shape index (κ2) is 6.31. The molecule has 0 spiro atoms. The highest BCUT2D eigenvalue weighted by molar-refractivity contribution is 5.83. The molecular weight excluding hydrogens is 258 g/mol. The molecule has 106 valence electrons. The Morgan fingerprint density at radius 3 is 2.38 bits per heavy atom. The molecule has 3 aromatic carbocycles. The molecule has 3 rings (SSSR count). The van der Waals surface area contributed by atoms with Gasteiger partial charge in [0.2, 0.25) is 0 Å². The van der Waals surface area contributed by atoms with Crippen LogP contribution in [-0.2, 0) is 6.54 Å². The normalized spacial score (nSPS) is 10.5. The van der Waals surface area contributed by atoms with Gasteiger partial charge in [-0.1, -0.05) is 36.4 Å². The van der Waals surface area contributed by atoms with Crippen LogP contribution < -0.4 is 10.1 Å². The number of hydrogen-bond acceptors (Lipinski definition) is 2. The van der Waals surface area contributed by atoms with E-state index in [2.05, 4.69) is 47.8 Å². The second-order valence-corrected chi connectivity index (χ2v) is 4.99. The third-order valence-corrected chi connectivity index (χ3v) is 3.48. The average molecular weight is 277 g/mol. The van der Waals surface area contributed by atoms with Gasteiger partial charge in [0.25, 0.3) is 0 Å². The predicted molar refractivity (Wildman–Crippen MR) is 88.9 cm³/mol. The summed E-state index contributed by atoms with van der Waals surface area (Å²) in [6.45, 7) is 3.51. The number of hydrogen-bond donors (Lipinski definition) is 1. The van der Waals surface area contributed by atoms with E-state index < -0.39 is 0 Å². The number of ether oxygens (including phenoxy) is 1. The monoisotopic (exact) mass is 277 g/mol. The zero-order valence-corrected chi connectivity index (χ0v) is 12.2. The second-order valence-electron chi connectivity index (χ2n) is 4.99. The minimum absolute atomic E-state index is 0.698. The molecule has 2 heteroatoms. The maximum Gasteiger partial charge on any atom is 0.119 e. The fourth-order valence-electron chi connectivity index (χ4n) is 2.39.